The second kappa shape index (κ2) is 6.56. The molecular weight excluding hydrogens is 288 g/mol. The number of ether oxygens (including phenoxy) is 1. The van der Waals surface area contributed by atoms with Crippen LogP contribution in [0.2, 0.25) is 0 Å². The number of carbonyl (C=O) groups is 1. The molecule has 0 radical (unpaired) electrons. The van der Waals surface area contributed by atoms with E-state index in [0.29, 0.717) is 18.8 Å². The van der Waals surface area contributed by atoms with E-state index in [-0.39, 0.29) is 12.0 Å². The third-order valence-corrected chi connectivity index (χ3v) is 4.81. The summed E-state index contributed by atoms with van der Waals surface area (Å²) in [5.41, 5.74) is -0.477. The average molecular weight is 310 g/mol. The number of pyridine rings is 1. The molecule has 2 heterocycles. The van der Waals surface area contributed by atoms with E-state index in [4.69, 9.17) is 4.74 Å². The molecule has 0 unspecified atom stereocenters. The lowest BCUT2D eigenvalue weighted by molar-refractivity contribution is 0.0289. The SMILES string of the molecule is CC(C)(C)OC(=O)N1CC[C@H](C[S@](=O)c2ccncc2)C1. The fourth-order valence-corrected chi connectivity index (χ4v) is 3.58. The minimum atomic E-state index is -1.04. The van der Waals surface area contributed by atoms with Gasteiger partial charge in [-0.25, -0.2) is 4.79 Å². The van der Waals surface area contributed by atoms with Crippen molar-refractivity contribution >= 4 is 16.9 Å². The van der Waals surface area contributed by atoms with Gasteiger partial charge in [-0.3, -0.25) is 9.19 Å². The van der Waals surface area contributed by atoms with Crippen LogP contribution in [0.1, 0.15) is 27.2 Å². The van der Waals surface area contributed by atoms with E-state index in [1.807, 2.05) is 20.8 Å². The average Bonchev–Trinajstić information content (AvgIpc) is 2.86. The monoisotopic (exact) mass is 310 g/mol. The summed E-state index contributed by atoms with van der Waals surface area (Å²) >= 11 is 0. The van der Waals surface area contributed by atoms with Gasteiger partial charge in [-0.2, -0.15) is 0 Å². The van der Waals surface area contributed by atoms with Crippen molar-refractivity contribution in [1.82, 2.24) is 9.88 Å². The van der Waals surface area contributed by atoms with Gasteiger partial charge in [-0.05, 0) is 45.2 Å². The maximum atomic E-state index is 12.3. The number of rotatable bonds is 3. The Balaban J connectivity index is 1.86. The summed E-state index contributed by atoms with van der Waals surface area (Å²) in [5.74, 6) is 0.829. The maximum absolute atomic E-state index is 12.3. The van der Waals surface area contributed by atoms with E-state index in [1.165, 1.54) is 0 Å². The van der Waals surface area contributed by atoms with E-state index < -0.39 is 16.4 Å². The number of amides is 1. The molecule has 1 aliphatic heterocycles. The van der Waals surface area contributed by atoms with Crippen molar-refractivity contribution in [1.29, 1.82) is 0 Å². The first kappa shape index (κ1) is 15.9. The summed E-state index contributed by atoms with van der Waals surface area (Å²) in [6.07, 6.45) is 3.89. The highest BCUT2D eigenvalue weighted by Crippen LogP contribution is 2.21. The van der Waals surface area contributed by atoms with E-state index >= 15 is 0 Å². The molecule has 1 aromatic rings. The van der Waals surface area contributed by atoms with E-state index in [0.717, 1.165) is 11.3 Å². The van der Waals surface area contributed by atoms with Crippen LogP contribution in [0.15, 0.2) is 29.4 Å². The predicted octanol–water partition coefficient (Wildman–Crippen LogP) is 2.45. The van der Waals surface area contributed by atoms with Gasteiger partial charge in [0.1, 0.15) is 5.60 Å². The Morgan fingerprint density at radius 1 is 1.43 bits per heavy atom. The topological polar surface area (TPSA) is 59.5 Å². The van der Waals surface area contributed by atoms with Gasteiger partial charge < -0.3 is 9.64 Å². The van der Waals surface area contributed by atoms with Crippen molar-refractivity contribution in [3.8, 4) is 0 Å². The molecule has 21 heavy (non-hydrogen) atoms. The van der Waals surface area contributed by atoms with Crippen LogP contribution in [0.25, 0.3) is 0 Å². The summed E-state index contributed by atoms with van der Waals surface area (Å²) in [6.45, 7) is 6.86. The highest BCUT2D eigenvalue weighted by Gasteiger charge is 2.30. The number of carbonyl (C=O) groups excluding carboxylic acids is 1. The fourth-order valence-electron chi connectivity index (χ4n) is 2.26. The highest BCUT2D eigenvalue weighted by atomic mass is 32.2. The first-order chi connectivity index (χ1) is 9.85. The molecule has 0 N–H and O–H groups in total. The molecule has 2 atom stereocenters. The molecule has 6 heteroatoms. The Hall–Kier alpha value is -1.43. The number of nitrogens with zero attached hydrogens (tertiary/aromatic N) is 2. The van der Waals surface area contributed by atoms with Crippen LogP contribution in [0.4, 0.5) is 4.79 Å². The number of aromatic nitrogens is 1. The van der Waals surface area contributed by atoms with Crippen LogP contribution in [-0.2, 0) is 15.5 Å². The smallest absolute Gasteiger partial charge is 0.410 e. The zero-order valence-electron chi connectivity index (χ0n) is 12.7. The van der Waals surface area contributed by atoms with Crippen LogP contribution >= 0.6 is 0 Å². The summed E-state index contributed by atoms with van der Waals surface area (Å²) < 4.78 is 17.6. The van der Waals surface area contributed by atoms with Crippen molar-refractivity contribution in [3.05, 3.63) is 24.5 Å². The van der Waals surface area contributed by atoms with Crippen molar-refractivity contribution < 1.29 is 13.7 Å². The second-order valence-electron chi connectivity index (χ2n) is 6.28. The molecule has 1 saturated heterocycles. The summed E-state index contributed by atoms with van der Waals surface area (Å²) in [6, 6.07) is 3.55. The van der Waals surface area contributed by atoms with Crippen molar-refractivity contribution in [2.45, 2.75) is 37.7 Å². The molecule has 0 spiro atoms. The van der Waals surface area contributed by atoms with Crippen LogP contribution in [0, 0.1) is 5.92 Å². The largest absolute Gasteiger partial charge is 0.444 e. The van der Waals surface area contributed by atoms with Crippen LogP contribution in [0.5, 0.6) is 0 Å². The lowest BCUT2D eigenvalue weighted by Gasteiger charge is -2.24. The third-order valence-electron chi connectivity index (χ3n) is 3.24. The quantitative estimate of drug-likeness (QED) is 0.860. The van der Waals surface area contributed by atoms with Gasteiger partial charge in [-0.1, -0.05) is 0 Å². The Labute approximate surface area is 128 Å². The van der Waals surface area contributed by atoms with Crippen LogP contribution < -0.4 is 0 Å². The molecule has 1 aliphatic rings. The maximum Gasteiger partial charge on any atom is 0.410 e. The van der Waals surface area contributed by atoms with E-state index in [9.17, 15) is 9.00 Å². The Kier molecular flexibility index (Phi) is 4.98. The van der Waals surface area contributed by atoms with Crippen molar-refractivity contribution in [3.63, 3.8) is 0 Å². The minimum absolute atomic E-state index is 0.256. The molecule has 0 bridgehead atoms. The predicted molar refractivity (Wildman–Crippen MR) is 81.4 cm³/mol. The molecule has 2 rings (SSSR count). The molecule has 0 saturated carbocycles. The van der Waals surface area contributed by atoms with Gasteiger partial charge >= 0.3 is 6.09 Å². The molecule has 1 fully saturated rings. The number of hydrogen-bond acceptors (Lipinski definition) is 4. The molecule has 1 aromatic heterocycles. The summed E-state index contributed by atoms with van der Waals surface area (Å²) in [4.78, 5) is 18.4. The van der Waals surface area contributed by atoms with Gasteiger partial charge in [0.2, 0.25) is 0 Å². The standard InChI is InChI=1S/C15H22N2O3S/c1-15(2,3)20-14(18)17-9-6-12(10-17)11-21(19)13-4-7-16-8-5-13/h4-5,7-8,12H,6,9-11H2,1-3H3/t12-,21-/m0/s1. The molecule has 116 valence electrons. The van der Waals surface area contributed by atoms with Crippen LogP contribution in [0.3, 0.4) is 0 Å². The summed E-state index contributed by atoms with van der Waals surface area (Å²) in [7, 11) is -1.04. The van der Waals surface area contributed by atoms with Gasteiger partial charge in [0.05, 0.1) is 10.8 Å². The Morgan fingerprint density at radius 2 is 2.10 bits per heavy atom. The van der Waals surface area contributed by atoms with Crippen LogP contribution in [-0.4, -0.2) is 44.6 Å². The van der Waals surface area contributed by atoms with Gasteiger partial charge in [-0.15, -0.1) is 0 Å². The molecule has 0 aromatic carbocycles. The molecular formula is C15H22N2O3S. The number of likely N-dealkylation sites (tertiary alicyclic amines) is 1. The Morgan fingerprint density at radius 3 is 2.71 bits per heavy atom. The van der Waals surface area contributed by atoms with Gasteiger partial charge in [0, 0.05) is 36.1 Å². The fraction of sp³-hybridized carbons (Fsp3) is 0.600. The first-order valence-corrected chi connectivity index (χ1v) is 8.43. The van der Waals surface area contributed by atoms with Gasteiger partial charge in [0.15, 0.2) is 0 Å². The minimum Gasteiger partial charge on any atom is -0.444 e. The number of hydrogen-bond donors (Lipinski definition) is 0. The lowest BCUT2D eigenvalue weighted by Crippen LogP contribution is -2.35. The zero-order valence-corrected chi connectivity index (χ0v) is 13.6. The van der Waals surface area contributed by atoms with Crippen molar-refractivity contribution in [2.24, 2.45) is 5.92 Å². The van der Waals surface area contributed by atoms with Crippen molar-refractivity contribution in [2.75, 3.05) is 18.8 Å². The van der Waals surface area contributed by atoms with E-state index in [1.54, 1.807) is 29.4 Å². The first-order valence-electron chi connectivity index (χ1n) is 7.11. The zero-order chi connectivity index (χ0) is 15.5. The third kappa shape index (κ3) is 4.81. The molecule has 1 amide bonds. The highest BCUT2D eigenvalue weighted by molar-refractivity contribution is 7.85. The Bertz CT molecular complexity index is 513. The normalized spacial score (nSPS) is 20.3. The molecule has 0 aliphatic carbocycles. The molecule has 5 nitrogen and oxygen atoms in total. The van der Waals surface area contributed by atoms with E-state index in [2.05, 4.69) is 4.98 Å². The second-order valence-corrected chi connectivity index (χ2v) is 7.77. The van der Waals surface area contributed by atoms with Gasteiger partial charge in [0.25, 0.3) is 0 Å². The lowest BCUT2D eigenvalue weighted by atomic mass is 10.2. The summed E-state index contributed by atoms with van der Waals surface area (Å²) in [5, 5.41) is 0.